The molecule has 0 spiro atoms. The number of fused-ring (bicyclic) bond motifs is 1. The lowest BCUT2D eigenvalue weighted by atomic mass is 10.1. The van der Waals surface area contributed by atoms with Crippen molar-refractivity contribution in [1.82, 2.24) is 10.3 Å². The van der Waals surface area contributed by atoms with E-state index in [2.05, 4.69) is 15.6 Å². The van der Waals surface area contributed by atoms with Crippen LogP contribution >= 0.6 is 0 Å². The maximum atomic E-state index is 12.4. The minimum Gasteiger partial charge on any atom is -0.484 e. The van der Waals surface area contributed by atoms with Gasteiger partial charge in [0, 0.05) is 34.9 Å². The van der Waals surface area contributed by atoms with Gasteiger partial charge in [-0.1, -0.05) is 30.3 Å². The first-order valence-corrected chi connectivity index (χ1v) is 10.8. The van der Waals surface area contributed by atoms with E-state index in [9.17, 15) is 18.0 Å². The number of carbonyl (C=O) groups excluding carboxylic acids is 1. The summed E-state index contributed by atoms with van der Waals surface area (Å²) < 4.78 is 41.8. The van der Waals surface area contributed by atoms with Gasteiger partial charge in [0.2, 0.25) is 0 Å². The number of hydrogen-bond donors (Lipinski definition) is 3. The second-order valence-electron chi connectivity index (χ2n) is 7.87. The molecule has 0 aliphatic heterocycles. The second-order valence-corrected chi connectivity index (χ2v) is 7.87. The summed E-state index contributed by atoms with van der Waals surface area (Å²) in [4.78, 5) is 15.7. The van der Waals surface area contributed by atoms with Crippen LogP contribution in [0.4, 0.5) is 18.9 Å². The topological polar surface area (TPSA) is 66.2 Å². The molecule has 1 heterocycles. The molecule has 0 fully saturated rings. The molecule has 8 heteroatoms. The van der Waals surface area contributed by atoms with E-state index >= 15 is 0 Å². The number of amides is 1. The molecule has 0 aliphatic rings. The van der Waals surface area contributed by atoms with E-state index in [1.165, 1.54) is 6.07 Å². The molecule has 4 aromatic rings. The van der Waals surface area contributed by atoms with Gasteiger partial charge in [-0.05, 0) is 66.6 Å². The maximum absolute atomic E-state index is 12.4. The lowest BCUT2D eigenvalue weighted by molar-refractivity contribution is -0.153. The Labute approximate surface area is 194 Å². The van der Waals surface area contributed by atoms with E-state index in [0.29, 0.717) is 24.3 Å². The van der Waals surface area contributed by atoms with Crippen LogP contribution in [0.5, 0.6) is 5.75 Å². The van der Waals surface area contributed by atoms with Crippen molar-refractivity contribution in [2.45, 2.75) is 19.1 Å². The molecule has 0 atom stereocenters. The van der Waals surface area contributed by atoms with Crippen molar-refractivity contribution in [2.24, 2.45) is 0 Å². The minimum absolute atomic E-state index is 0.167. The molecule has 0 aliphatic carbocycles. The molecule has 3 aromatic carbocycles. The quantitative estimate of drug-likeness (QED) is 0.277. The summed E-state index contributed by atoms with van der Waals surface area (Å²) in [6.07, 6.45) is -1.68. The van der Waals surface area contributed by atoms with Crippen molar-refractivity contribution in [2.75, 3.05) is 18.5 Å². The van der Waals surface area contributed by atoms with Gasteiger partial charge in [-0.3, -0.25) is 4.79 Å². The SMILES string of the molecule is O=C(Nc1ccc2[nH]cc(CCNCc3cccc(OCC(F)(F)F)c3)c2c1)c1ccccc1. The third-order valence-corrected chi connectivity index (χ3v) is 5.26. The predicted molar refractivity (Wildman–Crippen MR) is 126 cm³/mol. The highest BCUT2D eigenvalue weighted by Gasteiger charge is 2.28. The van der Waals surface area contributed by atoms with Gasteiger partial charge in [0.05, 0.1) is 0 Å². The second kappa shape index (κ2) is 10.4. The maximum Gasteiger partial charge on any atom is 0.422 e. The van der Waals surface area contributed by atoms with E-state index < -0.39 is 12.8 Å². The van der Waals surface area contributed by atoms with Crippen LogP contribution in [0.3, 0.4) is 0 Å². The molecular weight excluding hydrogens is 443 g/mol. The van der Waals surface area contributed by atoms with E-state index in [-0.39, 0.29) is 11.7 Å². The number of carbonyl (C=O) groups is 1. The molecular formula is C26H24F3N3O2. The molecule has 0 radical (unpaired) electrons. The van der Waals surface area contributed by atoms with Gasteiger partial charge in [0.15, 0.2) is 6.61 Å². The monoisotopic (exact) mass is 467 g/mol. The van der Waals surface area contributed by atoms with E-state index in [1.54, 1.807) is 24.3 Å². The molecule has 0 unspecified atom stereocenters. The van der Waals surface area contributed by atoms with Crippen molar-refractivity contribution in [3.8, 4) is 5.75 Å². The predicted octanol–water partition coefficient (Wildman–Crippen LogP) is 5.69. The van der Waals surface area contributed by atoms with Crippen molar-refractivity contribution < 1.29 is 22.7 Å². The molecule has 4 rings (SSSR count). The van der Waals surface area contributed by atoms with Crippen molar-refractivity contribution in [1.29, 1.82) is 0 Å². The van der Waals surface area contributed by atoms with Gasteiger partial charge in [0.25, 0.3) is 5.91 Å². The zero-order valence-corrected chi connectivity index (χ0v) is 18.3. The Morgan fingerprint density at radius 1 is 0.971 bits per heavy atom. The fourth-order valence-electron chi connectivity index (χ4n) is 3.62. The van der Waals surface area contributed by atoms with Gasteiger partial charge in [-0.25, -0.2) is 0 Å². The highest BCUT2D eigenvalue weighted by atomic mass is 19.4. The first-order valence-electron chi connectivity index (χ1n) is 10.8. The van der Waals surface area contributed by atoms with E-state index in [4.69, 9.17) is 4.74 Å². The highest BCUT2D eigenvalue weighted by molar-refractivity contribution is 6.05. The molecule has 3 N–H and O–H groups in total. The number of benzene rings is 3. The summed E-state index contributed by atoms with van der Waals surface area (Å²) in [6, 6.07) is 21.4. The van der Waals surface area contributed by atoms with Gasteiger partial charge < -0.3 is 20.4 Å². The molecule has 0 saturated heterocycles. The Kier molecular flexibility index (Phi) is 7.18. The van der Waals surface area contributed by atoms with Crippen LogP contribution in [0.1, 0.15) is 21.5 Å². The van der Waals surface area contributed by atoms with Gasteiger partial charge >= 0.3 is 6.18 Å². The summed E-state index contributed by atoms with van der Waals surface area (Å²) in [5, 5.41) is 7.26. The van der Waals surface area contributed by atoms with Crippen LogP contribution in [0.25, 0.3) is 10.9 Å². The Balaban J connectivity index is 1.32. The lowest BCUT2D eigenvalue weighted by Gasteiger charge is -2.11. The zero-order chi connectivity index (χ0) is 24.0. The Morgan fingerprint density at radius 2 is 1.79 bits per heavy atom. The van der Waals surface area contributed by atoms with Gasteiger partial charge in [-0.2, -0.15) is 13.2 Å². The highest BCUT2D eigenvalue weighted by Crippen LogP contribution is 2.23. The average Bonchev–Trinajstić information content (AvgIpc) is 3.23. The molecule has 0 saturated carbocycles. The summed E-state index contributed by atoms with van der Waals surface area (Å²) in [7, 11) is 0. The lowest BCUT2D eigenvalue weighted by Crippen LogP contribution is -2.19. The Morgan fingerprint density at radius 3 is 2.59 bits per heavy atom. The van der Waals surface area contributed by atoms with Crippen LogP contribution in [0, 0.1) is 0 Å². The normalized spacial score (nSPS) is 11.5. The van der Waals surface area contributed by atoms with E-state index in [1.807, 2.05) is 48.7 Å². The van der Waals surface area contributed by atoms with Crippen molar-refractivity contribution in [3.05, 3.63) is 95.7 Å². The number of nitrogens with one attached hydrogen (secondary N) is 3. The molecule has 5 nitrogen and oxygen atoms in total. The third kappa shape index (κ3) is 6.39. The fourth-order valence-corrected chi connectivity index (χ4v) is 3.62. The van der Waals surface area contributed by atoms with Crippen molar-refractivity contribution >= 4 is 22.5 Å². The number of rotatable bonds is 9. The number of ether oxygens (including phenoxy) is 1. The average molecular weight is 467 g/mol. The zero-order valence-electron chi connectivity index (χ0n) is 18.3. The molecule has 34 heavy (non-hydrogen) atoms. The summed E-state index contributed by atoms with van der Waals surface area (Å²) >= 11 is 0. The van der Waals surface area contributed by atoms with Crippen LogP contribution < -0.4 is 15.4 Å². The first kappa shape index (κ1) is 23.4. The largest absolute Gasteiger partial charge is 0.484 e. The smallest absolute Gasteiger partial charge is 0.422 e. The van der Waals surface area contributed by atoms with Gasteiger partial charge in [-0.15, -0.1) is 0 Å². The number of halogens is 3. The van der Waals surface area contributed by atoms with Crippen LogP contribution in [-0.2, 0) is 13.0 Å². The van der Waals surface area contributed by atoms with Crippen LogP contribution in [-0.4, -0.2) is 30.2 Å². The van der Waals surface area contributed by atoms with Crippen molar-refractivity contribution in [3.63, 3.8) is 0 Å². The number of hydrogen-bond acceptors (Lipinski definition) is 3. The number of H-pyrrole nitrogens is 1. The first-order chi connectivity index (χ1) is 16.4. The number of aromatic nitrogens is 1. The van der Waals surface area contributed by atoms with Crippen LogP contribution in [0.15, 0.2) is 79.0 Å². The fraction of sp³-hybridized carbons (Fsp3) is 0.192. The Hall–Kier alpha value is -3.78. The summed E-state index contributed by atoms with van der Waals surface area (Å²) in [5.74, 6) is 0.0264. The standard InChI is InChI=1S/C26H24F3N3O2/c27-26(28,29)17-34-22-8-4-5-18(13-22)15-30-12-11-20-16-31-24-10-9-21(14-23(20)24)32-25(33)19-6-2-1-3-7-19/h1-10,13-14,16,30-31H,11-12,15,17H2,(H,32,33). The minimum atomic E-state index is -4.36. The summed E-state index contributed by atoms with van der Waals surface area (Å²) in [6.45, 7) is -0.136. The molecule has 0 bridgehead atoms. The third-order valence-electron chi connectivity index (χ3n) is 5.26. The number of alkyl halides is 3. The Bertz CT molecular complexity index is 1250. The number of anilines is 1. The number of aromatic amines is 1. The molecule has 176 valence electrons. The van der Waals surface area contributed by atoms with Crippen LogP contribution in [0.2, 0.25) is 0 Å². The summed E-state index contributed by atoms with van der Waals surface area (Å²) in [5.41, 5.74) is 4.21. The van der Waals surface area contributed by atoms with E-state index in [0.717, 1.165) is 28.5 Å². The van der Waals surface area contributed by atoms with Gasteiger partial charge in [0.1, 0.15) is 5.75 Å². The molecule has 1 amide bonds. The molecule has 1 aromatic heterocycles.